The van der Waals surface area contributed by atoms with Crippen molar-refractivity contribution in [3.05, 3.63) is 0 Å². The molecule has 0 saturated heterocycles. The van der Waals surface area contributed by atoms with E-state index in [1.807, 2.05) is 0 Å². The van der Waals surface area contributed by atoms with Gasteiger partial charge in [-0.15, -0.1) is 12.6 Å². The van der Waals surface area contributed by atoms with Crippen LogP contribution >= 0.6 is 12.6 Å². The lowest BCUT2D eigenvalue weighted by molar-refractivity contribution is -0.120. The first kappa shape index (κ1) is 8.65. The van der Waals surface area contributed by atoms with Gasteiger partial charge in [-0.05, 0) is 6.92 Å². The molecular formula is C5H9NO2S. The van der Waals surface area contributed by atoms with E-state index in [2.05, 4.69) is 12.6 Å². The molecule has 0 fully saturated rings. The number of ketones is 1. The Kier molecular flexibility index (Phi) is 3.49. The Morgan fingerprint density at radius 2 is 2.11 bits per heavy atom. The Morgan fingerprint density at radius 1 is 1.67 bits per heavy atom. The summed E-state index contributed by atoms with van der Waals surface area (Å²) in [7, 11) is 0. The molecule has 52 valence electrons. The Labute approximate surface area is 59.0 Å². The zero-order chi connectivity index (χ0) is 7.44. The predicted molar refractivity (Wildman–Crippen MR) is 37.3 cm³/mol. The summed E-state index contributed by atoms with van der Waals surface area (Å²) in [6, 6.07) is -0.671. The number of hydrogen-bond acceptors (Lipinski definition) is 3. The van der Waals surface area contributed by atoms with E-state index in [1.54, 1.807) is 0 Å². The van der Waals surface area contributed by atoms with Crippen LogP contribution < -0.4 is 5.73 Å². The first-order chi connectivity index (χ1) is 4.04. The molecule has 1 atom stereocenters. The molecule has 2 N–H and O–H groups in total. The van der Waals surface area contributed by atoms with Gasteiger partial charge in [-0.3, -0.25) is 9.59 Å². The monoisotopic (exact) mass is 147 g/mol. The van der Waals surface area contributed by atoms with Crippen LogP contribution in [0.4, 0.5) is 0 Å². The van der Waals surface area contributed by atoms with E-state index in [4.69, 9.17) is 5.73 Å². The predicted octanol–water partition coefficient (Wildman–Crippen LogP) is -0.251. The zero-order valence-electron chi connectivity index (χ0n) is 5.13. The lowest BCUT2D eigenvalue weighted by atomic mass is 10.2. The van der Waals surface area contributed by atoms with Gasteiger partial charge in [0, 0.05) is 6.42 Å². The number of thiol groups is 1. The smallest absolute Gasteiger partial charge is 0.187 e. The van der Waals surface area contributed by atoms with Crippen LogP contribution in [0.3, 0.4) is 0 Å². The maximum Gasteiger partial charge on any atom is 0.187 e. The van der Waals surface area contributed by atoms with E-state index in [9.17, 15) is 9.59 Å². The van der Waals surface area contributed by atoms with Crippen LogP contribution in [0.15, 0.2) is 0 Å². The molecule has 0 aliphatic heterocycles. The van der Waals surface area contributed by atoms with Crippen LogP contribution in [0, 0.1) is 0 Å². The van der Waals surface area contributed by atoms with Crippen LogP contribution in [0.1, 0.15) is 13.3 Å². The minimum Gasteiger partial charge on any atom is -0.321 e. The van der Waals surface area contributed by atoms with Crippen molar-refractivity contribution in [2.24, 2.45) is 5.73 Å². The summed E-state index contributed by atoms with van der Waals surface area (Å²) in [5.41, 5.74) is 5.20. The fourth-order valence-corrected chi connectivity index (χ4v) is 0.529. The van der Waals surface area contributed by atoms with Gasteiger partial charge in [-0.25, -0.2) is 0 Å². The van der Waals surface area contributed by atoms with Crippen molar-refractivity contribution in [3.63, 3.8) is 0 Å². The summed E-state index contributed by atoms with van der Waals surface area (Å²) in [5.74, 6) is -0.183. The van der Waals surface area contributed by atoms with Gasteiger partial charge in [0.25, 0.3) is 0 Å². The molecule has 0 aromatic carbocycles. The minimum absolute atomic E-state index is 0.0262. The summed E-state index contributed by atoms with van der Waals surface area (Å²) in [5, 5.41) is -0.349. The Morgan fingerprint density at radius 3 is 2.22 bits per heavy atom. The quantitative estimate of drug-likeness (QED) is 0.541. The molecule has 0 radical (unpaired) electrons. The molecule has 0 heterocycles. The maximum atomic E-state index is 10.4. The molecule has 0 bridgehead atoms. The highest BCUT2D eigenvalue weighted by atomic mass is 32.1. The van der Waals surface area contributed by atoms with Gasteiger partial charge < -0.3 is 5.73 Å². The van der Waals surface area contributed by atoms with Crippen molar-refractivity contribution in [1.82, 2.24) is 0 Å². The molecule has 0 spiro atoms. The Balaban J connectivity index is 3.63. The first-order valence-corrected chi connectivity index (χ1v) is 2.96. The SMILES string of the molecule is CC(=O)[C@@H](N)CC(=O)S. The molecule has 0 amide bonds. The second-order valence-electron chi connectivity index (χ2n) is 1.82. The van der Waals surface area contributed by atoms with E-state index < -0.39 is 6.04 Å². The molecule has 0 saturated carbocycles. The van der Waals surface area contributed by atoms with Crippen LogP contribution in [0.25, 0.3) is 0 Å². The number of carbonyl (C=O) groups is 2. The number of carbonyl (C=O) groups excluding carboxylic acids is 2. The van der Waals surface area contributed by atoms with E-state index in [-0.39, 0.29) is 17.3 Å². The highest BCUT2D eigenvalue weighted by Gasteiger charge is 2.09. The average Bonchev–Trinajstić information content (AvgIpc) is 1.63. The van der Waals surface area contributed by atoms with Crippen molar-refractivity contribution in [2.75, 3.05) is 0 Å². The molecule has 0 unspecified atom stereocenters. The van der Waals surface area contributed by atoms with E-state index >= 15 is 0 Å². The maximum absolute atomic E-state index is 10.4. The zero-order valence-corrected chi connectivity index (χ0v) is 6.02. The average molecular weight is 147 g/mol. The minimum atomic E-state index is -0.671. The van der Waals surface area contributed by atoms with Crippen molar-refractivity contribution >= 4 is 23.5 Å². The number of nitrogens with two attached hydrogens (primary N) is 1. The highest BCUT2D eigenvalue weighted by Crippen LogP contribution is 1.93. The fraction of sp³-hybridized carbons (Fsp3) is 0.600. The molecule has 3 nitrogen and oxygen atoms in total. The van der Waals surface area contributed by atoms with Crippen LogP contribution in [-0.4, -0.2) is 16.9 Å². The summed E-state index contributed by atoms with van der Waals surface area (Å²) >= 11 is 3.46. The van der Waals surface area contributed by atoms with Crippen molar-refractivity contribution in [3.8, 4) is 0 Å². The summed E-state index contributed by atoms with van der Waals surface area (Å²) in [4.78, 5) is 20.6. The Bertz CT molecular complexity index is 135. The van der Waals surface area contributed by atoms with Gasteiger partial charge in [0.05, 0.1) is 6.04 Å². The highest BCUT2D eigenvalue weighted by molar-refractivity contribution is 7.96. The van der Waals surface area contributed by atoms with Crippen molar-refractivity contribution < 1.29 is 9.59 Å². The van der Waals surface area contributed by atoms with Gasteiger partial charge in [-0.2, -0.15) is 0 Å². The normalized spacial score (nSPS) is 12.8. The van der Waals surface area contributed by atoms with Gasteiger partial charge in [0.15, 0.2) is 5.12 Å². The van der Waals surface area contributed by atoms with Crippen LogP contribution in [0.2, 0.25) is 0 Å². The van der Waals surface area contributed by atoms with Gasteiger partial charge in [0.2, 0.25) is 0 Å². The van der Waals surface area contributed by atoms with Gasteiger partial charge >= 0.3 is 0 Å². The fourth-order valence-electron chi connectivity index (χ4n) is 0.332. The Hall–Kier alpha value is -0.350. The number of Topliss-reactive ketones (excluding diaryl/α,β-unsaturated/α-hetero) is 1. The van der Waals surface area contributed by atoms with Crippen molar-refractivity contribution in [2.45, 2.75) is 19.4 Å². The summed E-state index contributed by atoms with van der Waals surface area (Å²) in [6.45, 7) is 1.35. The second-order valence-corrected chi connectivity index (χ2v) is 2.31. The molecule has 0 aromatic rings. The van der Waals surface area contributed by atoms with E-state index in [0.717, 1.165) is 0 Å². The molecule has 0 rings (SSSR count). The second kappa shape index (κ2) is 3.63. The van der Waals surface area contributed by atoms with Crippen molar-refractivity contribution in [1.29, 1.82) is 0 Å². The molecular weight excluding hydrogens is 138 g/mol. The topological polar surface area (TPSA) is 60.2 Å². The number of rotatable bonds is 3. The van der Waals surface area contributed by atoms with Gasteiger partial charge in [-0.1, -0.05) is 0 Å². The van der Waals surface area contributed by atoms with Gasteiger partial charge in [0.1, 0.15) is 5.78 Å². The first-order valence-electron chi connectivity index (χ1n) is 2.52. The third-order valence-electron chi connectivity index (χ3n) is 0.917. The standard InChI is InChI=1S/C5H9NO2S/c1-3(7)4(6)2-5(8)9/h4H,2,6H2,1H3,(H,8,9)/t4-/m0/s1. The lowest BCUT2D eigenvalue weighted by Crippen LogP contribution is -2.29. The van der Waals surface area contributed by atoms with E-state index in [1.165, 1.54) is 6.92 Å². The van der Waals surface area contributed by atoms with Crippen LogP contribution in [0.5, 0.6) is 0 Å². The lowest BCUT2D eigenvalue weighted by Gasteiger charge is -2.01. The summed E-state index contributed by atoms with van der Waals surface area (Å²) in [6.07, 6.45) is 0.0262. The molecule has 0 aliphatic rings. The van der Waals surface area contributed by atoms with Crippen LogP contribution in [-0.2, 0) is 9.59 Å². The largest absolute Gasteiger partial charge is 0.321 e. The third kappa shape index (κ3) is 4.17. The molecule has 0 aromatic heterocycles. The molecule has 0 aliphatic carbocycles. The third-order valence-corrected chi connectivity index (χ3v) is 1.10. The number of hydrogen-bond donors (Lipinski definition) is 2. The molecule has 4 heteroatoms. The van der Waals surface area contributed by atoms with E-state index in [0.29, 0.717) is 0 Å². The summed E-state index contributed by atoms with van der Waals surface area (Å²) < 4.78 is 0. The molecule has 9 heavy (non-hydrogen) atoms.